The second kappa shape index (κ2) is 6.59. The summed E-state index contributed by atoms with van der Waals surface area (Å²) in [7, 11) is 0. The van der Waals surface area contributed by atoms with E-state index < -0.39 is 17.5 Å². The van der Waals surface area contributed by atoms with E-state index in [9.17, 15) is 9.59 Å². The van der Waals surface area contributed by atoms with E-state index in [0.717, 1.165) is 12.0 Å². The predicted molar refractivity (Wildman–Crippen MR) is 67.1 cm³/mol. The number of benzene rings is 1. The smallest absolute Gasteiger partial charge is 0.345 e. The van der Waals surface area contributed by atoms with Crippen LogP contribution in [0.4, 0.5) is 0 Å². The quantitative estimate of drug-likeness (QED) is 0.363. The van der Waals surface area contributed by atoms with Gasteiger partial charge in [-0.25, -0.2) is 9.59 Å². The lowest BCUT2D eigenvalue weighted by molar-refractivity contribution is -0.147. The highest BCUT2D eigenvalue weighted by Gasteiger charge is 2.18. The maximum Gasteiger partial charge on any atom is 0.345 e. The fourth-order valence-electron chi connectivity index (χ4n) is 1.41. The second-order valence-corrected chi connectivity index (χ2v) is 4.02. The molecule has 0 bridgehead atoms. The van der Waals surface area contributed by atoms with Crippen LogP contribution >= 0.6 is 0 Å². The van der Waals surface area contributed by atoms with Crippen LogP contribution in [0.25, 0.3) is 0 Å². The van der Waals surface area contributed by atoms with Crippen LogP contribution in [0.5, 0.6) is 0 Å². The van der Waals surface area contributed by atoms with Crippen molar-refractivity contribution in [3.05, 3.63) is 48.0 Å². The maximum atomic E-state index is 11.3. The summed E-state index contributed by atoms with van der Waals surface area (Å²) in [5, 5.41) is 8.57. The minimum Gasteiger partial charge on any atom is -0.477 e. The summed E-state index contributed by atoms with van der Waals surface area (Å²) in [6.45, 7) is 4.88. The third kappa shape index (κ3) is 4.41. The molecule has 1 rings (SSSR count). The van der Waals surface area contributed by atoms with E-state index in [4.69, 9.17) is 9.84 Å². The van der Waals surface area contributed by atoms with Crippen molar-refractivity contribution in [1.29, 1.82) is 0 Å². The third-order valence-electron chi connectivity index (χ3n) is 2.50. The molecule has 96 valence electrons. The average Bonchev–Trinajstić information content (AvgIpc) is 2.36. The van der Waals surface area contributed by atoms with Crippen molar-refractivity contribution in [3.8, 4) is 0 Å². The first kappa shape index (κ1) is 14.0. The summed E-state index contributed by atoms with van der Waals surface area (Å²) in [6, 6.07) is 9.80. The van der Waals surface area contributed by atoms with Crippen LogP contribution in [0.15, 0.2) is 42.5 Å². The van der Waals surface area contributed by atoms with Crippen molar-refractivity contribution in [2.75, 3.05) is 0 Å². The number of ether oxygens (including phenoxy) is 1. The highest BCUT2D eigenvalue weighted by Crippen LogP contribution is 2.08. The Kier molecular flexibility index (Phi) is 5.11. The monoisotopic (exact) mass is 248 g/mol. The van der Waals surface area contributed by atoms with Gasteiger partial charge in [-0.05, 0) is 25.3 Å². The minimum atomic E-state index is -1.35. The summed E-state index contributed by atoms with van der Waals surface area (Å²) < 4.78 is 4.98. The molecule has 1 unspecified atom stereocenters. The van der Waals surface area contributed by atoms with Crippen LogP contribution in [0.3, 0.4) is 0 Å². The highest BCUT2D eigenvalue weighted by atomic mass is 16.5. The first-order valence-corrected chi connectivity index (χ1v) is 5.68. The lowest BCUT2D eigenvalue weighted by Crippen LogP contribution is -2.20. The molecule has 0 fully saturated rings. The molecule has 18 heavy (non-hydrogen) atoms. The van der Waals surface area contributed by atoms with Gasteiger partial charge in [-0.15, -0.1) is 0 Å². The van der Waals surface area contributed by atoms with E-state index in [0.29, 0.717) is 6.42 Å². The van der Waals surface area contributed by atoms with Gasteiger partial charge in [0.05, 0.1) is 6.10 Å². The number of hydrogen-bond acceptors (Lipinski definition) is 3. The highest BCUT2D eigenvalue weighted by molar-refractivity contribution is 6.12. The molecule has 0 aliphatic heterocycles. The van der Waals surface area contributed by atoms with Gasteiger partial charge in [0.1, 0.15) is 5.57 Å². The molecule has 0 spiro atoms. The van der Waals surface area contributed by atoms with Crippen LogP contribution in [0.1, 0.15) is 18.9 Å². The molecular formula is C14H16O4. The first-order chi connectivity index (χ1) is 8.50. The number of carbonyl (C=O) groups is 2. The number of carboxylic acid groups (broad SMARTS) is 1. The summed E-state index contributed by atoms with van der Waals surface area (Å²) in [5.74, 6) is -2.22. The maximum absolute atomic E-state index is 11.3. The molecule has 4 nitrogen and oxygen atoms in total. The van der Waals surface area contributed by atoms with Gasteiger partial charge in [0, 0.05) is 0 Å². The van der Waals surface area contributed by atoms with E-state index >= 15 is 0 Å². The Balaban J connectivity index is 2.38. The van der Waals surface area contributed by atoms with Crippen molar-refractivity contribution in [2.45, 2.75) is 25.9 Å². The van der Waals surface area contributed by atoms with Gasteiger partial charge < -0.3 is 9.84 Å². The Morgan fingerprint density at radius 1 is 1.33 bits per heavy atom. The molecule has 0 heterocycles. The molecule has 1 N–H and O–H groups in total. The zero-order valence-corrected chi connectivity index (χ0v) is 10.3. The molecule has 0 aromatic heterocycles. The lowest BCUT2D eigenvalue weighted by Gasteiger charge is -2.12. The lowest BCUT2D eigenvalue weighted by atomic mass is 10.1. The Bertz CT molecular complexity index is 436. The SMILES string of the molecule is C=C(C(=O)O)C(=O)OC(C)CCc1ccccc1. The molecule has 0 saturated heterocycles. The van der Waals surface area contributed by atoms with Crippen LogP contribution in [-0.2, 0) is 20.7 Å². The average molecular weight is 248 g/mol. The summed E-state index contributed by atoms with van der Waals surface area (Å²) >= 11 is 0. The molecule has 0 aliphatic carbocycles. The second-order valence-electron chi connectivity index (χ2n) is 4.02. The normalized spacial score (nSPS) is 11.6. The number of rotatable bonds is 6. The van der Waals surface area contributed by atoms with Crippen LogP contribution < -0.4 is 0 Å². The van der Waals surface area contributed by atoms with Gasteiger partial charge in [0.15, 0.2) is 0 Å². The number of carbonyl (C=O) groups excluding carboxylic acids is 1. The summed E-state index contributed by atoms with van der Waals surface area (Å²) in [5.41, 5.74) is 0.610. The van der Waals surface area contributed by atoms with Gasteiger partial charge in [-0.1, -0.05) is 36.9 Å². The number of carboxylic acids is 1. The van der Waals surface area contributed by atoms with Crippen LogP contribution in [0, 0.1) is 0 Å². The zero-order chi connectivity index (χ0) is 13.5. The molecule has 0 aliphatic rings. The van der Waals surface area contributed by atoms with E-state index in [1.165, 1.54) is 0 Å². The summed E-state index contributed by atoms with van der Waals surface area (Å²) in [4.78, 5) is 21.8. The first-order valence-electron chi connectivity index (χ1n) is 5.68. The van der Waals surface area contributed by atoms with Gasteiger partial charge in [-0.3, -0.25) is 0 Å². The molecular weight excluding hydrogens is 232 g/mol. The number of aliphatic carboxylic acids is 1. The predicted octanol–water partition coefficient (Wildman–Crippen LogP) is 2.19. The molecule has 4 heteroatoms. The van der Waals surface area contributed by atoms with Crippen molar-refractivity contribution >= 4 is 11.9 Å². The van der Waals surface area contributed by atoms with Gasteiger partial charge in [0.2, 0.25) is 0 Å². The number of esters is 1. The van der Waals surface area contributed by atoms with Crippen molar-refractivity contribution in [1.82, 2.24) is 0 Å². The summed E-state index contributed by atoms with van der Waals surface area (Å²) in [6.07, 6.45) is 1.08. The van der Waals surface area contributed by atoms with Crippen molar-refractivity contribution < 1.29 is 19.4 Å². The third-order valence-corrected chi connectivity index (χ3v) is 2.50. The van der Waals surface area contributed by atoms with E-state index in [1.54, 1.807) is 6.92 Å². The molecule has 0 saturated carbocycles. The fraction of sp³-hybridized carbons (Fsp3) is 0.286. The number of aryl methyl sites for hydroxylation is 1. The molecule has 1 aromatic rings. The Hall–Kier alpha value is -2.10. The fourth-order valence-corrected chi connectivity index (χ4v) is 1.41. The molecule has 0 radical (unpaired) electrons. The van der Waals surface area contributed by atoms with E-state index in [1.807, 2.05) is 30.3 Å². The Morgan fingerprint density at radius 2 is 1.94 bits per heavy atom. The van der Waals surface area contributed by atoms with Crippen molar-refractivity contribution in [3.63, 3.8) is 0 Å². The van der Waals surface area contributed by atoms with E-state index in [-0.39, 0.29) is 6.10 Å². The van der Waals surface area contributed by atoms with E-state index in [2.05, 4.69) is 6.58 Å². The van der Waals surface area contributed by atoms with Crippen molar-refractivity contribution in [2.24, 2.45) is 0 Å². The molecule has 1 aromatic carbocycles. The topological polar surface area (TPSA) is 63.6 Å². The van der Waals surface area contributed by atoms with Gasteiger partial charge in [0.25, 0.3) is 0 Å². The van der Waals surface area contributed by atoms with Gasteiger partial charge >= 0.3 is 11.9 Å². The number of hydrogen-bond donors (Lipinski definition) is 1. The zero-order valence-electron chi connectivity index (χ0n) is 10.3. The standard InChI is InChI=1S/C14H16O4/c1-10(18-14(17)11(2)13(15)16)8-9-12-6-4-3-5-7-12/h3-7,10H,2,8-9H2,1H3,(H,15,16). The largest absolute Gasteiger partial charge is 0.477 e. The van der Waals surface area contributed by atoms with Gasteiger partial charge in [-0.2, -0.15) is 0 Å². The molecule has 0 amide bonds. The molecule has 1 atom stereocenters. The Labute approximate surface area is 106 Å². The Morgan fingerprint density at radius 3 is 2.50 bits per heavy atom. The minimum absolute atomic E-state index is 0.339. The van der Waals surface area contributed by atoms with Crippen LogP contribution in [0.2, 0.25) is 0 Å². The van der Waals surface area contributed by atoms with Crippen LogP contribution in [-0.4, -0.2) is 23.1 Å².